The number of hydrogen-bond acceptors (Lipinski definition) is 7. The fraction of sp³-hybridized carbons (Fsp3) is 0.304. The van der Waals surface area contributed by atoms with Crippen molar-refractivity contribution in [1.82, 2.24) is 20.2 Å². The summed E-state index contributed by atoms with van der Waals surface area (Å²) in [7, 11) is 1.44. The number of carbonyl (C=O) groups is 2. The Morgan fingerprint density at radius 3 is 2.83 bits per heavy atom. The number of aliphatic hydroxyl groups excluding tert-OH is 2. The van der Waals surface area contributed by atoms with Gasteiger partial charge in [-0.05, 0) is 30.2 Å². The van der Waals surface area contributed by atoms with Crippen LogP contribution in [0.1, 0.15) is 12.0 Å². The molecule has 0 aliphatic rings. The number of fused-ring (bicyclic) bond motifs is 1. The highest BCUT2D eigenvalue weighted by Crippen LogP contribution is 2.19. The smallest absolute Gasteiger partial charge is 0.412 e. The van der Waals surface area contributed by atoms with Crippen LogP contribution in [0.15, 0.2) is 48.9 Å². The molecular weight excluding hydrogens is 481 g/mol. The highest BCUT2D eigenvalue weighted by molar-refractivity contribution is 6.31. The molecule has 0 aliphatic heterocycles. The fourth-order valence-electron chi connectivity index (χ4n) is 3.23. The summed E-state index contributed by atoms with van der Waals surface area (Å²) in [4.78, 5) is 34.3. The van der Waals surface area contributed by atoms with Crippen molar-refractivity contribution in [3.8, 4) is 0 Å². The van der Waals surface area contributed by atoms with Gasteiger partial charge >= 0.3 is 12.1 Å². The van der Waals surface area contributed by atoms with E-state index in [4.69, 9.17) is 16.3 Å². The fourth-order valence-corrected chi connectivity index (χ4v) is 3.43. The Kier molecular flexibility index (Phi) is 9.12. The standard InChI is InChI=1S/C23H25ClFN5O5/c1-30(22(33)28-11-15-3-2-4-19(25)21(15)24)17(8-18(32)12-31)13-35-23(34)29-20-7-16-9-26-6-5-14(16)10-27-20/h2-7,9-10,17-18,31-32H,8,11-13H2,1H3,(H,28,33)(H,27,29,34)/t17-,18?/m0/s1. The highest BCUT2D eigenvalue weighted by atomic mass is 35.5. The maximum atomic E-state index is 13.6. The van der Waals surface area contributed by atoms with Crippen LogP contribution in [0.25, 0.3) is 10.8 Å². The van der Waals surface area contributed by atoms with Gasteiger partial charge in [-0.1, -0.05) is 23.7 Å². The quantitative estimate of drug-likeness (QED) is 0.351. The van der Waals surface area contributed by atoms with Gasteiger partial charge < -0.3 is 25.2 Å². The first-order valence-electron chi connectivity index (χ1n) is 10.6. The Balaban J connectivity index is 1.59. The molecular formula is C23H25ClFN5O5. The van der Waals surface area contributed by atoms with Gasteiger partial charge in [0.1, 0.15) is 18.2 Å². The molecule has 0 aliphatic carbocycles. The number of likely N-dealkylation sites (N-methyl/N-ethyl adjacent to an activating group) is 1. The Labute approximate surface area is 205 Å². The summed E-state index contributed by atoms with van der Waals surface area (Å²) in [6, 6.07) is 6.31. The first kappa shape index (κ1) is 26.1. The summed E-state index contributed by atoms with van der Waals surface area (Å²) in [6.45, 7) is -0.854. The Morgan fingerprint density at radius 1 is 1.26 bits per heavy atom. The first-order valence-corrected chi connectivity index (χ1v) is 11.0. The molecule has 0 bridgehead atoms. The monoisotopic (exact) mass is 505 g/mol. The number of nitrogens with one attached hydrogen (secondary N) is 2. The van der Waals surface area contributed by atoms with Crippen LogP contribution in [-0.4, -0.2) is 69.6 Å². The minimum atomic E-state index is -1.14. The number of benzene rings is 1. The zero-order chi connectivity index (χ0) is 25.4. The molecule has 12 heteroatoms. The molecule has 0 fully saturated rings. The van der Waals surface area contributed by atoms with Crippen molar-refractivity contribution in [2.45, 2.75) is 25.1 Å². The predicted molar refractivity (Wildman–Crippen MR) is 127 cm³/mol. The van der Waals surface area contributed by atoms with Crippen molar-refractivity contribution in [3.05, 3.63) is 65.3 Å². The van der Waals surface area contributed by atoms with E-state index >= 15 is 0 Å². The van der Waals surface area contributed by atoms with Crippen LogP contribution in [0, 0.1) is 5.82 Å². The molecule has 4 N–H and O–H groups in total. The van der Waals surface area contributed by atoms with Crippen LogP contribution < -0.4 is 10.6 Å². The Morgan fingerprint density at radius 2 is 2.06 bits per heavy atom. The molecule has 2 heterocycles. The summed E-state index contributed by atoms with van der Waals surface area (Å²) < 4.78 is 18.9. The molecule has 0 saturated carbocycles. The van der Waals surface area contributed by atoms with Gasteiger partial charge in [0, 0.05) is 43.0 Å². The Bertz CT molecular complexity index is 1180. The summed E-state index contributed by atoms with van der Waals surface area (Å²) in [5, 5.41) is 25.7. The topological polar surface area (TPSA) is 137 Å². The minimum absolute atomic E-state index is 0.0428. The number of nitrogens with zero attached hydrogens (tertiary/aromatic N) is 3. The number of hydrogen-bond donors (Lipinski definition) is 4. The summed E-state index contributed by atoms with van der Waals surface area (Å²) in [5.74, 6) is -0.354. The maximum absolute atomic E-state index is 13.6. The van der Waals surface area contributed by atoms with Gasteiger partial charge in [0.05, 0.1) is 23.8 Å². The van der Waals surface area contributed by atoms with E-state index in [1.807, 2.05) is 0 Å². The summed E-state index contributed by atoms with van der Waals surface area (Å²) >= 11 is 5.92. The number of aromatic nitrogens is 2. The van der Waals surface area contributed by atoms with Gasteiger partial charge in [0.15, 0.2) is 0 Å². The van der Waals surface area contributed by atoms with Gasteiger partial charge in [0.2, 0.25) is 0 Å². The molecule has 2 atom stereocenters. The van der Waals surface area contributed by atoms with Crippen molar-refractivity contribution in [1.29, 1.82) is 0 Å². The number of aliphatic hydroxyl groups is 2. The molecule has 3 aromatic rings. The normalized spacial score (nSPS) is 12.6. The first-order chi connectivity index (χ1) is 16.8. The second-order valence-electron chi connectivity index (χ2n) is 7.72. The number of halogens is 2. The lowest BCUT2D eigenvalue weighted by atomic mass is 10.1. The molecule has 3 rings (SSSR count). The number of amides is 3. The van der Waals surface area contributed by atoms with E-state index in [2.05, 4.69) is 20.6 Å². The molecule has 35 heavy (non-hydrogen) atoms. The van der Waals surface area contributed by atoms with Crippen molar-refractivity contribution < 1.29 is 28.9 Å². The van der Waals surface area contributed by atoms with Crippen molar-refractivity contribution in [3.63, 3.8) is 0 Å². The number of rotatable bonds is 9. The summed E-state index contributed by atoms with van der Waals surface area (Å²) in [5.41, 5.74) is 0.383. The van der Waals surface area contributed by atoms with E-state index in [1.165, 1.54) is 24.1 Å². The third kappa shape index (κ3) is 7.22. The molecule has 3 amide bonds. The van der Waals surface area contributed by atoms with Gasteiger partial charge in [-0.3, -0.25) is 10.3 Å². The second kappa shape index (κ2) is 12.2. The Hall–Kier alpha value is -3.54. The number of ether oxygens (including phenoxy) is 1. The number of urea groups is 1. The van der Waals surface area contributed by atoms with Crippen LogP contribution >= 0.6 is 11.6 Å². The molecule has 0 radical (unpaired) electrons. The van der Waals surface area contributed by atoms with Gasteiger partial charge in [-0.2, -0.15) is 0 Å². The molecule has 0 spiro atoms. The average Bonchev–Trinajstić information content (AvgIpc) is 2.86. The van der Waals surface area contributed by atoms with E-state index in [1.54, 1.807) is 36.8 Å². The third-order valence-electron chi connectivity index (χ3n) is 5.24. The predicted octanol–water partition coefficient (Wildman–Crippen LogP) is 2.92. The number of pyridine rings is 2. The van der Waals surface area contributed by atoms with E-state index in [0.29, 0.717) is 5.56 Å². The number of anilines is 1. The van der Waals surface area contributed by atoms with Gasteiger partial charge in [0.25, 0.3) is 0 Å². The van der Waals surface area contributed by atoms with Crippen LogP contribution in [0.4, 0.5) is 19.8 Å². The SMILES string of the molecule is CN(C(=O)NCc1cccc(F)c1Cl)[C@H](COC(=O)Nc1cc2cnccc2cn1)CC(O)CO. The van der Waals surface area contributed by atoms with Crippen molar-refractivity contribution in [2.75, 3.05) is 25.6 Å². The zero-order valence-corrected chi connectivity index (χ0v) is 19.6. The largest absolute Gasteiger partial charge is 0.447 e. The van der Waals surface area contributed by atoms with E-state index < -0.39 is 36.7 Å². The molecule has 0 saturated heterocycles. The van der Waals surface area contributed by atoms with Gasteiger partial charge in [-0.25, -0.2) is 19.0 Å². The second-order valence-corrected chi connectivity index (χ2v) is 8.10. The van der Waals surface area contributed by atoms with Crippen molar-refractivity contribution >= 4 is 40.3 Å². The van der Waals surface area contributed by atoms with E-state index in [-0.39, 0.29) is 30.4 Å². The van der Waals surface area contributed by atoms with E-state index in [0.717, 1.165) is 10.8 Å². The minimum Gasteiger partial charge on any atom is -0.447 e. The highest BCUT2D eigenvalue weighted by Gasteiger charge is 2.25. The lowest BCUT2D eigenvalue weighted by Crippen LogP contribution is -2.47. The molecule has 10 nitrogen and oxygen atoms in total. The van der Waals surface area contributed by atoms with Crippen LogP contribution in [0.5, 0.6) is 0 Å². The zero-order valence-electron chi connectivity index (χ0n) is 18.8. The van der Waals surface area contributed by atoms with Crippen LogP contribution in [0.2, 0.25) is 5.02 Å². The van der Waals surface area contributed by atoms with Crippen LogP contribution in [0.3, 0.4) is 0 Å². The lowest BCUT2D eigenvalue weighted by molar-refractivity contribution is 0.0480. The molecule has 1 aromatic carbocycles. The molecule has 186 valence electrons. The average molecular weight is 506 g/mol. The number of carbonyl (C=O) groups excluding carboxylic acids is 2. The lowest BCUT2D eigenvalue weighted by Gasteiger charge is -2.29. The van der Waals surface area contributed by atoms with Crippen LogP contribution in [-0.2, 0) is 11.3 Å². The van der Waals surface area contributed by atoms with E-state index in [9.17, 15) is 24.2 Å². The van der Waals surface area contributed by atoms with Gasteiger partial charge in [-0.15, -0.1) is 0 Å². The summed E-state index contributed by atoms with van der Waals surface area (Å²) in [6.07, 6.45) is 2.82. The van der Waals surface area contributed by atoms with Crippen molar-refractivity contribution in [2.24, 2.45) is 0 Å². The molecule has 2 aromatic heterocycles. The maximum Gasteiger partial charge on any atom is 0.412 e. The third-order valence-corrected chi connectivity index (χ3v) is 5.67. The molecule has 1 unspecified atom stereocenters.